The third-order valence-electron chi connectivity index (χ3n) is 5.25. The molecule has 4 aromatic rings. The molecule has 0 aromatic heterocycles. The second kappa shape index (κ2) is 12.2. The van der Waals surface area contributed by atoms with Gasteiger partial charge in [0.2, 0.25) is 0 Å². The quantitative estimate of drug-likeness (QED) is 0.116. The lowest BCUT2D eigenvalue weighted by atomic mass is 10.1. The van der Waals surface area contributed by atoms with Crippen molar-refractivity contribution in [2.75, 3.05) is 0 Å². The molecule has 0 spiro atoms. The summed E-state index contributed by atoms with van der Waals surface area (Å²) in [5, 5.41) is 5.08. The van der Waals surface area contributed by atoms with Gasteiger partial charge in [-0.1, -0.05) is 47.0 Å². The number of carbonyl (C=O) groups is 2. The van der Waals surface area contributed by atoms with E-state index < -0.39 is 5.97 Å². The van der Waals surface area contributed by atoms with E-state index in [0.717, 1.165) is 16.7 Å². The zero-order chi connectivity index (χ0) is 26.2. The minimum atomic E-state index is -0.428. The van der Waals surface area contributed by atoms with Crippen molar-refractivity contribution in [1.82, 2.24) is 5.43 Å². The summed E-state index contributed by atoms with van der Waals surface area (Å²) in [4.78, 5) is 24.6. The lowest BCUT2D eigenvalue weighted by Crippen LogP contribution is -2.17. The van der Waals surface area contributed by atoms with Crippen LogP contribution < -0.4 is 14.9 Å². The largest absolute Gasteiger partial charge is 0.489 e. The van der Waals surface area contributed by atoms with Gasteiger partial charge < -0.3 is 9.47 Å². The van der Waals surface area contributed by atoms with Gasteiger partial charge in [0, 0.05) is 21.2 Å². The normalized spacial score (nSPS) is 10.8. The second-order valence-electron chi connectivity index (χ2n) is 8.08. The molecule has 4 rings (SSSR count). The average molecular weight is 533 g/mol. The van der Waals surface area contributed by atoms with Crippen molar-refractivity contribution in [3.8, 4) is 11.5 Å². The third-order valence-corrected chi connectivity index (χ3v) is 5.84. The maximum atomic E-state index is 12.4. The Balaban J connectivity index is 1.26. The number of halogens is 2. The van der Waals surface area contributed by atoms with Gasteiger partial charge in [-0.15, -0.1) is 0 Å². The van der Waals surface area contributed by atoms with Crippen LogP contribution in [0.3, 0.4) is 0 Å². The van der Waals surface area contributed by atoms with Crippen LogP contribution in [0.15, 0.2) is 96.1 Å². The van der Waals surface area contributed by atoms with Crippen molar-refractivity contribution in [2.24, 2.45) is 5.10 Å². The van der Waals surface area contributed by atoms with E-state index in [-0.39, 0.29) is 12.5 Å². The number of ether oxygens (including phenoxy) is 2. The number of aryl methyl sites for hydroxylation is 1. The van der Waals surface area contributed by atoms with Gasteiger partial charge >= 0.3 is 5.97 Å². The van der Waals surface area contributed by atoms with E-state index >= 15 is 0 Å². The predicted octanol–water partition coefficient (Wildman–Crippen LogP) is 6.86. The molecule has 37 heavy (non-hydrogen) atoms. The molecule has 0 unspecified atom stereocenters. The first-order valence-corrected chi connectivity index (χ1v) is 12.0. The van der Waals surface area contributed by atoms with Gasteiger partial charge in [0.1, 0.15) is 18.1 Å². The van der Waals surface area contributed by atoms with E-state index in [1.165, 1.54) is 6.21 Å². The van der Waals surface area contributed by atoms with Crippen LogP contribution in [0, 0.1) is 6.92 Å². The van der Waals surface area contributed by atoms with Gasteiger partial charge in [-0.25, -0.2) is 10.2 Å². The molecular formula is C29H22Cl2N2O4. The van der Waals surface area contributed by atoms with Crippen LogP contribution in [0.2, 0.25) is 10.0 Å². The molecule has 0 aliphatic rings. The van der Waals surface area contributed by atoms with E-state index in [9.17, 15) is 9.59 Å². The van der Waals surface area contributed by atoms with Gasteiger partial charge in [0.25, 0.3) is 5.91 Å². The third kappa shape index (κ3) is 7.43. The Bertz CT molecular complexity index is 1440. The lowest BCUT2D eigenvalue weighted by molar-refractivity contribution is 0.0734. The minimum Gasteiger partial charge on any atom is -0.489 e. The highest BCUT2D eigenvalue weighted by Gasteiger charge is 2.09. The zero-order valence-electron chi connectivity index (χ0n) is 19.8. The van der Waals surface area contributed by atoms with E-state index in [1.54, 1.807) is 84.9 Å². The number of hydrogen-bond acceptors (Lipinski definition) is 5. The van der Waals surface area contributed by atoms with Crippen LogP contribution in [0.1, 0.15) is 37.4 Å². The minimum absolute atomic E-state index is 0.274. The SMILES string of the molecule is Cc1cccc(C(=O)Oc2ccc(/C=N/NC(=O)c3ccc(OCc4ccc(Cl)cc4Cl)cc3)cc2)c1. The molecule has 1 amide bonds. The summed E-state index contributed by atoms with van der Waals surface area (Å²) < 4.78 is 11.1. The van der Waals surface area contributed by atoms with Gasteiger partial charge in [0.15, 0.2) is 0 Å². The van der Waals surface area contributed by atoms with E-state index in [4.69, 9.17) is 32.7 Å². The number of hydrogen-bond donors (Lipinski definition) is 1. The number of esters is 1. The van der Waals surface area contributed by atoms with Gasteiger partial charge in [-0.2, -0.15) is 5.10 Å². The van der Waals surface area contributed by atoms with Crippen molar-refractivity contribution in [3.63, 3.8) is 0 Å². The van der Waals surface area contributed by atoms with Crippen molar-refractivity contribution in [3.05, 3.63) is 129 Å². The fraction of sp³-hybridized carbons (Fsp3) is 0.0690. The molecule has 0 saturated heterocycles. The molecule has 0 atom stereocenters. The molecule has 8 heteroatoms. The smallest absolute Gasteiger partial charge is 0.343 e. The summed E-state index contributed by atoms with van der Waals surface area (Å²) in [7, 11) is 0. The fourth-order valence-corrected chi connectivity index (χ4v) is 3.76. The molecule has 0 saturated carbocycles. The van der Waals surface area contributed by atoms with Gasteiger partial charge in [-0.05, 0) is 85.3 Å². The first-order valence-electron chi connectivity index (χ1n) is 11.3. The number of amides is 1. The number of nitrogens with zero attached hydrogens (tertiary/aromatic N) is 1. The monoisotopic (exact) mass is 532 g/mol. The molecule has 0 aliphatic carbocycles. The van der Waals surface area contributed by atoms with Gasteiger partial charge in [-0.3, -0.25) is 4.79 Å². The summed E-state index contributed by atoms with van der Waals surface area (Å²) in [5.41, 5.74) is 5.90. The Labute approximate surface area is 224 Å². The molecule has 186 valence electrons. The maximum absolute atomic E-state index is 12.4. The van der Waals surface area contributed by atoms with Crippen molar-refractivity contribution >= 4 is 41.3 Å². The van der Waals surface area contributed by atoms with E-state index in [1.807, 2.05) is 13.0 Å². The maximum Gasteiger partial charge on any atom is 0.343 e. The summed E-state index contributed by atoms with van der Waals surface area (Å²) >= 11 is 12.1. The molecule has 0 fully saturated rings. The second-order valence-corrected chi connectivity index (χ2v) is 8.92. The van der Waals surface area contributed by atoms with Crippen molar-refractivity contribution in [1.29, 1.82) is 0 Å². The Morgan fingerprint density at radius 2 is 1.59 bits per heavy atom. The first-order chi connectivity index (χ1) is 17.9. The van der Waals surface area contributed by atoms with Crippen molar-refractivity contribution < 1.29 is 19.1 Å². The summed E-state index contributed by atoms with van der Waals surface area (Å²) in [5.74, 6) is 0.206. The Morgan fingerprint density at radius 3 is 2.30 bits per heavy atom. The van der Waals surface area contributed by atoms with Crippen LogP contribution in [-0.4, -0.2) is 18.1 Å². The first kappa shape index (κ1) is 25.9. The molecule has 0 aliphatic heterocycles. The summed E-state index contributed by atoms with van der Waals surface area (Å²) in [6.07, 6.45) is 1.50. The molecule has 0 bridgehead atoms. The molecule has 0 heterocycles. The lowest BCUT2D eigenvalue weighted by Gasteiger charge is -2.08. The molecule has 0 radical (unpaired) electrons. The molecular weight excluding hydrogens is 511 g/mol. The molecule has 4 aromatic carbocycles. The average Bonchev–Trinajstić information content (AvgIpc) is 2.89. The number of hydrazone groups is 1. The molecule has 6 nitrogen and oxygen atoms in total. The standard InChI is InChI=1S/C29H22Cl2N2O4/c1-19-3-2-4-22(15-19)29(35)37-26-11-5-20(6-12-26)17-32-33-28(34)21-8-13-25(14-9-21)36-18-23-7-10-24(30)16-27(23)31/h2-17H,18H2,1H3,(H,33,34)/b32-17+. The highest BCUT2D eigenvalue weighted by Crippen LogP contribution is 2.23. The van der Waals surface area contributed by atoms with Crippen LogP contribution in [0.5, 0.6) is 11.5 Å². The summed E-state index contributed by atoms with van der Waals surface area (Å²) in [6, 6.07) is 25.8. The number of nitrogens with one attached hydrogen (secondary N) is 1. The Hall–Kier alpha value is -4.13. The van der Waals surface area contributed by atoms with Crippen LogP contribution >= 0.6 is 23.2 Å². The Morgan fingerprint density at radius 1 is 0.865 bits per heavy atom. The van der Waals surface area contributed by atoms with E-state index in [2.05, 4.69) is 10.5 Å². The predicted molar refractivity (Wildman–Crippen MR) is 145 cm³/mol. The van der Waals surface area contributed by atoms with E-state index in [0.29, 0.717) is 32.7 Å². The van der Waals surface area contributed by atoms with Crippen LogP contribution in [-0.2, 0) is 6.61 Å². The van der Waals surface area contributed by atoms with Crippen LogP contribution in [0.25, 0.3) is 0 Å². The highest BCUT2D eigenvalue weighted by atomic mass is 35.5. The number of rotatable bonds is 8. The van der Waals surface area contributed by atoms with Gasteiger partial charge in [0.05, 0.1) is 11.8 Å². The zero-order valence-corrected chi connectivity index (χ0v) is 21.3. The Kier molecular flexibility index (Phi) is 8.56. The number of benzene rings is 4. The highest BCUT2D eigenvalue weighted by molar-refractivity contribution is 6.35. The van der Waals surface area contributed by atoms with Crippen molar-refractivity contribution in [2.45, 2.75) is 13.5 Å². The summed E-state index contributed by atoms with van der Waals surface area (Å²) in [6.45, 7) is 2.18. The topological polar surface area (TPSA) is 77.0 Å². The molecule has 1 N–H and O–H groups in total. The fourth-order valence-electron chi connectivity index (χ4n) is 3.29. The van der Waals surface area contributed by atoms with Crippen LogP contribution in [0.4, 0.5) is 0 Å². The number of carbonyl (C=O) groups excluding carboxylic acids is 2.